The molecule has 2 aromatic carbocycles. The van der Waals surface area contributed by atoms with Gasteiger partial charge in [-0.15, -0.1) is 0 Å². The third-order valence-electron chi connectivity index (χ3n) is 3.09. The number of hydrogen-bond donors (Lipinski definition) is 1. The molecule has 2 rings (SSSR count). The van der Waals surface area contributed by atoms with Crippen molar-refractivity contribution in [2.45, 2.75) is 19.9 Å². The van der Waals surface area contributed by atoms with Crippen molar-refractivity contribution in [3.8, 4) is 0 Å². The Morgan fingerprint density at radius 3 is 2.33 bits per heavy atom. The number of ether oxygens (including phenoxy) is 1. The van der Waals surface area contributed by atoms with Crippen molar-refractivity contribution in [1.82, 2.24) is 0 Å². The average Bonchev–Trinajstić information content (AvgIpc) is 2.48. The van der Waals surface area contributed by atoms with Crippen LogP contribution in [0.25, 0.3) is 0 Å². The van der Waals surface area contributed by atoms with Gasteiger partial charge >= 0.3 is 5.97 Å². The van der Waals surface area contributed by atoms with Gasteiger partial charge in [0.1, 0.15) is 5.82 Å². The molecule has 0 fully saturated rings. The molecule has 0 bridgehead atoms. The maximum atomic E-state index is 13.0. The lowest BCUT2D eigenvalue weighted by molar-refractivity contribution is -0.144. The molecular formula is C17H18FNO2. The van der Waals surface area contributed by atoms with Crippen molar-refractivity contribution in [2.75, 3.05) is 11.9 Å². The Balaban J connectivity index is 2.25. The smallest absolute Gasteiger partial charge is 0.333 e. The van der Waals surface area contributed by atoms with Crippen LogP contribution in [0.15, 0.2) is 48.5 Å². The average molecular weight is 287 g/mol. The third kappa shape index (κ3) is 4.05. The highest BCUT2D eigenvalue weighted by Gasteiger charge is 2.21. The molecule has 1 unspecified atom stereocenters. The fourth-order valence-corrected chi connectivity index (χ4v) is 1.98. The summed E-state index contributed by atoms with van der Waals surface area (Å²) in [4.78, 5) is 12.1. The van der Waals surface area contributed by atoms with E-state index in [1.807, 2.05) is 31.2 Å². The third-order valence-corrected chi connectivity index (χ3v) is 3.09. The Morgan fingerprint density at radius 1 is 1.14 bits per heavy atom. The van der Waals surface area contributed by atoms with E-state index in [9.17, 15) is 9.18 Å². The number of halogens is 1. The number of benzene rings is 2. The molecule has 1 atom stereocenters. The highest BCUT2D eigenvalue weighted by molar-refractivity contribution is 5.81. The van der Waals surface area contributed by atoms with Gasteiger partial charge < -0.3 is 10.1 Å². The Labute approximate surface area is 123 Å². The van der Waals surface area contributed by atoms with E-state index >= 15 is 0 Å². The van der Waals surface area contributed by atoms with Gasteiger partial charge in [0.25, 0.3) is 0 Å². The molecular weight excluding hydrogens is 269 g/mol. The molecule has 0 aliphatic rings. The molecule has 0 saturated carbocycles. The second kappa shape index (κ2) is 6.88. The summed E-state index contributed by atoms with van der Waals surface area (Å²) in [5.74, 6) is -0.721. The van der Waals surface area contributed by atoms with E-state index in [1.54, 1.807) is 19.1 Å². The second-order valence-corrected chi connectivity index (χ2v) is 4.75. The molecule has 0 radical (unpaired) electrons. The predicted octanol–water partition coefficient (Wildman–Crippen LogP) is 3.85. The van der Waals surface area contributed by atoms with Crippen LogP contribution >= 0.6 is 0 Å². The van der Waals surface area contributed by atoms with Gasteiger partial charge in [-0.1, -0.05) is 29.8 Å². The van der Waals surface area contributed by atoms with E-state index in [-0.39, 0.29) is 11.8 Å². The van der Waals surface area contributed by atoms with Gasteiger partial charge in [-0.05, 0) is 43.7 Å². The van der Waals surface area contributed by atoms with Gasteiger partial charge in [-0.3, -0.25) is 0 Å². The maximum absolute atomic E-state index is 13.0. The molecule has 0 saturated heterocycles. The van der Waals surface area contributed by atoms with Crippen LogP contribution in [-0.2, 0) is 9.53 Å². The number of nitrogens with one attached hydrogen (secondary N) is 1. The molecule has 21 heavy (non-hydrogen) atoms. The number of rotatable bonds is 5. The zero-order valence-electron chi connectivity index (χ0n) is 12.1. The van der Waals surface area contributed by atoms with Crippen LogP contribution in [0, 0.1) is 12.7 Å². The van der Waals surface area contributed by atoms with Crippen LogP contribution < -0.4 is 5.32 Å². The van der Waals surface area contributed by atoms with Crippen LogP contribution in [0.3, 0.4) is 0 Å². The number of hydrogen-bond acceptors (Lipinski definition) is 3. The number of anilines is 1. The first-order chi connectivity index (χ1) is 10.1. The number of esters is 1. The van der Waals surface area contributed by atoms with Gasteiger partial charge in [-0.25, -0.2) is 9.18 Å². The van der Waals surface area contributed by atoms with E-state index in [0.717, 1.165) is 11.3 Å². The first kappa shape index (κ1) is 15.0. The van der Waals surface area contributed by atoms with Crippen LogP contribution in [0.4, 0.5) is 10.1 Å². The lowest BCUT2D eigenvalue weighted by Gasteiger charge is -2.19. The molecule has 0 amide bonds. The Kier molecular flexibility index (Phi) is 4.93. The summed E-state index contributed by atoms with van der Waals surface area (Å²) in [6, 6.07) is 12.9. The molecule has 1 N–H and O–H groups in total. The van der Waals surface area contributed by atoms with Crippen molar-refractivity contribution in [1.29, 1.82) is 0 Å². The summed E-state index contributed by atoms with van der Waals surface area (Å²) < 4.78 is 18.1. The minimum Gasteiger partial charge on any atom is -0.464 e. The minimum atomic E-state index is -0.659. The van der Waals surface area contributed by atoms with Gasteiger partial charge in [-0.2, -0.15) is 0 Å². The summed E-state index contributed by atoms with van der Waals surface area (Å²) in [5.41, 5.74) is 2.61. The Morgan fingerprint density at radius 2 is 1.76 bits per heavy atom. The van der Waals surface area contributed by atoms with E-state index in [2.05, 4.69) is 5.32 Å². The van der Waals surface area contributed by atoms with Crippen molar-refractivity contribution < 1.29 is 13.9 Å². The zero-order chi connectivity index (χ0) is 15.2. The molecule has 0 aliphatic heterocycles. The molecule has 2 aromatic rings. The van der Waals surface area contributed by atoms with Crippen LogP contribution in [0.5, 0.6) is 0 Å². The standard InChI is InChI=1S/C17H18FNO2/c1-3-21-17(20)16(13-6-8-14(18)9-7-13)19-15-10-4-12(2)5-11-15/h4-11,16,19H,3H2,1-2H3. The SMILES string of the molecule is CCOC(=O)C(Nc1ccc(C)cc1)c1ccc(F)cc1. The molecule has 0 spiro atoms. The van der Waals surface area contributed by atoms with Crippen LogP contribution in [0.2, 0.25) is 0 Å². The second-order valence-electron chi connectivity index (χ2n) is 4.75. The van der Waals surface area contributed by atoms with E-state index in [0.29, 0.717) is 12.2 Å². The lowest BCUT2D eigenvalue weighted by Crippen LogP contribution is -2.23. The molecule has 0 aliphatic carbocycles. The lowest BCUT2D eigenvalue weighted by atomic mass is 10.1. The van der Waals surface area contributed by atoms with Gasteiger partial charge in [0.15, 0.2) is 6.04 Å². The molecule has 3 nitrogen and oxygen atoms in total. The highest BCUT2D eigenvalue weighted by atomic mass is 19.1. The van der Waals surface area contributed by atoms with Gasteiger partial charge in [0.2, 0.25) is 0 Å². The zero-order valence-corrected chi connectivity index (χ0v) is 12.1. The fraction of sp³-hybridized carbons (Fsp3) is 0.235. The van der Waals surface area contributed by atoms with Crippen molar-refractivity contribution in [3.05, 3.63) is 65.5 Å². The van der Waals surface area contributed by atoms with E-state index in [1.165, 1.54) is 12.1 Å². The summed E-state index contributed by atoms with van der Waals surface area (Å²) in [6.45, 7) is 4.05. The van der Waals surface area contributed by atoms with E-state index < -0.39 is 6.04 Å². The maximum Gasteiger partial charge on any atom is 0.333 e. The van der Waals surface area contributed by atoms with Crippen molar-refractivity contribution in [3.63, 3.8) is 0 Å². The summed E-state index contributed by atoms with van der Waals surface area (Å²) >= 11 is 0. The van der Waals surface area contributed by atoms with Gasteiger partial charge in [0.05, 0.1) is 6.61 Å². The summed E-state index contributed by atoms with van der Waals surface area (Å²) in [5, 5.41) is 3.13. The Bertz CT molecular complexity index is 593. The topological polar surface area (TPSA) is 38.3 Å². The highest BCUT2D eigenvalue weighted by Crippen LogP contribution is 2.22. The molecule has 0 heterocycles. The number of aryl methyl sites for hydroxylation is 1. The Hall–Kier alpha value is -2.36. The molecule has 4 heteroatoms. The molecule has 110 valence electrons. The fourth-order valence-electron chi connectivity index (χ4n) is 1.98. The van der Waals surface area contributed by atoms with Gasteiger partial charge in [0, 0.05) is 5.69 Å². The van der Waals surface area contributed by atoms with Crippen molar-refractivity contribution >= 4 is 11.7 Å². The first-order valence-corrected chi connectivity index (χ1v) is 6.85. The summed E-state index contributed by atoms with van der Waals surface area (Å²) in [6.07, 6.45) is 0. The van der Waals surface area contributed by atoms with Crippen LogP contribution in [-0.4, -0.2) is 12.6 Å². The summed E-state index contributed by atoms with van der Waals surface area (Å²) in [7, 11) is 0. The van der Waals surface area contributed by atoms with Crippen molar-refractivity contribution in [2.24, 2.45) is 0 Å². The monoisotopic (exact) mass is 287 g/mol. The normalized spacial score (nSPS) is 11.8. The largest absolute Gasteiger partial charge is 0.464 e. The first-order valence-electron chi connectivity index (χ1n) is 6.85. The number of carbonyl (C=O) groups is 1. The number of carbonyl (C=O) groups excluding carboxylic acids is 1. The predicted molar refractivity (Wildman–Crippen MR) is 80.6 cm³/mol. The van der Waals surface area contributed by atoms with Crippen LogP contribution in [0.1, 0.15) is 24.1 Å². The molecule has 0 aromatic heterocycles. The minimum absolute atomic E-state index is 0.298. The quantitative estimate of drug-likeness (QED) is 0.849. The van der Waals surface area contributed by atoms with E-state index in [4.69, 9.17) is 4.74 Å².